The Morgan fingerprint density at radius 2 is 1.82 bits per heavy atom. The molecule has 8 nitrogen and oxygen atoms in total. The smallest absolute Gasteiger partial charge is 0.341 e. The predicted octanol–water partition coefficient (Wildman–Crippen LogP) is 1.92. The summed E-state index contributed by atoms with van der Waals surface area (Å²) < 4.78 is 31.9. The second-order valence-electron chi connectivity index (χ2n) is 8.78. The SMILES string of the molecule is COC(=O)c1c(NC(=O)c2ccc(S(=O)(=O)N3CCCC3)cc2)sc2c1CC[NH+](C(C)C)C2. The molecule has 4 rings (SSSR count). The Morgan fingerprint density at radius 1 is 1.15 bits per heavy atom. The first-order valence-electron chi connectivity index (χ1n) is 11.2. The summed E-state index contributed by atoms with van der Waals surface area (Å²) in [7, 11) is -2.20. The number of rotatable bonds is 6. The lowest BCUT2D eigenvalue weighted by Crippen LogP contribution is -3.14. The standard InChI is InChI=1S/C23H29N3O5S2/c1-15(2)25-13-10-18-19(14-25)32-22(20(18)23(28)31-3)24-21(27)16-6-8-17(9-7-16)33(29,30)26-11-4-5-12-26/h6-9,15H,4-5,10-14H2,1-3H3,(H,24,27)/p+1. The topological polar surface area (TPSA) is 97.2 Å². The van der Waals surface area contributed by atoms with E-state index in [9.17, 15) is 18.0 Å². The fourth-order valence-corrected chi connectivity index (χ4v) is 7.23. The van der Waals surface area contributed by atoms with Gasteiger partial charge in [0, 0.05) is 25.1 Å². The van der Waals surface area contributed by atoms with Gasteiger partial charge in [-0.15, -0.1) is 11.3 Å². The molecule has 0 bridgehead atoms. The highest BCUT2D eigenvalue weighted by atomic mass is 32.2. The van der Waals surface area contributed by atoms with E-state index in [4.69, 9.17) is 4.74 Å². The highest BCUT2D eigenvalue weighted by Crippen LogP contribution is 2.35. The largest absolute Gasteiger partial charge is 0.465 e. The van der Waals surface area contributed by atoms with Crippen LogP contribution >= 0.6 is 11.3 Å². The fourth-order valence-electron chi connectivity index (χ4n) is 4.43. The summed E-state index contributed by atoms with van der Waals surface area (Å²) in [5.41, 5.74) is 1.72. The summed E-state index contributed by atoms with van der Waals surface area (Å²) in [5.74, 6) is -0.847. The van der Waals surface area contributed by atoms with Crippen LogP contribution < -0.4 is 10.2 Å². The minimum atomic E-state index is -3.54. The van der Waals surface area contributed by atoms with Crippen LogP contribution in [-0.4, -0.2) is 57.4 Å². The van der Waals surface area contributed by atoms with Crippen molar-refractivity contribution in [2.45, 2.75) is 50.6 Å². The Morgan fingerprint density at radius 3 is 2.42 bits per heavy atom. The minimum Gasteiger partial charge on any atom is -0.465 e. The number of quaternary nitrogens is 1. The van der Waals surface area contributed by atoms with E-state index in [2.05, 4.69) is 19.2 Å². The van der Waals surface area contributed by atoms with E-state index in [0.717, 1.165) is 42.8 Å². The number of sulfonamides is 1. The van der Waals surface area contributed by atoms with Crippen molar-refractivity contribution in [2.75, 3.05) is 32.1 Å². The van der Waals surface area contributed by atoms with Crippen molar-refractivity contribution in [2.24, 2.45) is 0 Å². The summed E-state index contributed by atoms with van der Waals surface area (Å²) in [6, 6.07) is 6.41. The molecule has 0 saturated carbocycles. The average molecular weight is 493 g/mol. The summed E-state index contributed by atoms with van der Waals surface area (Å²) in [4.78, 5) is 28.2. The van der Waals surface area contributed by atoms with Crippen LogP contribution in [0.1, 0.15) is 57.8 Å². The summed E-state index contributed by atoms with van der Waals surface area (Å²) in [6.45, 7) is 7.13. The minimum absolute atomic E-state index is 0.180. The summed E-state index contributed by atoms with van der Waals surface area (Å²) in [5, 5.41) is 3.35. The van der Waals surface area contributed by atoms with E-state index in [1.54, 1.807) is 0 Å². The molecule has 0 radical (unpaired) electrons. The number of carbonyl (C=O) groups is 2. The van der Waals surface area contributed by atoms with E-state index in [-0.39, 0.29) is 4.90 Å². The maximum absolute atomic E-state index is 13.0. The molecule has 178 valence electrons. The Balaban J connectivity index is 1.56. The lowest BCUT2D eigenvalue weighted by Gasteiger charge is -2.27. The van der Waals surface area contributed by atoms with Crippen LogP contribution in [0.4, 0.5) is 5.00 Å². The highest BCUT2D eigenvalue weighted by Gasteiger charge is 2.32. The number of ether oxygens (including phenoxy) is 1. The van der Waals surface area contributed by atoms with Crippen LogP contribution in [0.25, 0.3) is 0 Å². The van der Waals surface area contributed by atoms with E-state index in [0.29, 0.717) is 35.3 Å². The number of thiophene rings is 1. The molecule has 1 unspecified atom stereocenters. The first-order chi connectivity index (χ1) is 15.7. The molecule has 2 aliphatic heterocycles. The molecule has 1 aromatic heterocycles. The summed E-state index contributed by atoms with van der Waals surface area (Å²) in [6.07, 6.45) is 2.48. The molecule has 1 amide bonds. The average Bonchev–Trinajstić information content (AvgIpc) is 3.46. The van der Waals surface area contributed by atoms with Gasteiger partial charge < -0.3 is 15.0 Å². The lowest BCUT2D eigenvalue weighted by molar-refractivity contribution is -0.936. The number of benzene rings is 1. The Bertz CT molecular complexity index is 1150. The van der Waals surface area contributed by atoms with Crippen molar-refractivity contribution >= 4 is 38.2 Å². The number of carbonyl (C=O) groups excluding carboxylic acids is 2. The number of nitrogens with zero attached hydrogens (tertiary/aromatic N) is 1. The molecule has 2 aromatic rings. The zero-order valence-electron chi connectivity index (χ0n) is 19.1. The van der Waals surface area contributed by atoms with E-state index in [1.165, 1.54) is 51.9 Å². The number of methoxy groups -OCH3 is 1. The van der Waals surface area contributed by atoms with Crippen molar-refractivity contribution in [3.05, 3.63) is 45.8 Å². The van der Waals surface area contributed by atoms with Crippen LogP contribution in [0.15, 0.2) is 29.2 Å². The second-order valence-corrected chi connectivity index (χ2v) is 11.8. The van der Waals surface area contributed by atoms with Crippen LogP contribution in [0.3, 0.4) is 0 Å². The van der Waals surface area contributed by atoms with Gasteiger partial charge in [0.2, 0.25) is 10.0 Å². The third kappa shape index (κ3) is 4.70. The van der Waals surface area contributed by atoms with Gasteiger partial charge in [-0.25, -0.2) is 13.2 Å². The number of nitrogens with one attached hydrogen (secondary N) is 2. The van der Waals surface area contributed by atoms with Gasteiger partial charge in [-0.3, -0.25) is 4.79 Å². The van der Waals surface area contributed by atoms with E-state index < -0.39 is 21.9 Å². The molecule has 2 N–H and O–H groups in total. The molecular weight excluding hydrogens is 462 g/mol. The third-order valence-electron chi connectivity index (χ3n) is 6.43. The van der Waals surface area contributed by atoms with Gasteiger partial charge in [-0.2, -0.15) is 4.31 Å². The van der Waals surface area contributed by atoms with Crippen molar-refractivity contribution in [3.63, 3.8) is 0 Å². The van der Waals surface area contributed by atoms with Gasteiger partial charge in [0.1, 0.15) is 11.5 Å². The van der Waals surface area contributed by atoms with Crippen LogP contribution in [0.5, 0.6) is 0 Å². The lowest BCUT2D eigenvalue weighted by atomic mass is 10.0. The van der Waals surface area contributed by atoms with Crippen molar-refractivity contribution in [1.29, 1.82) is 0 Å². The van der Waals surface area contributed by atoms with Gasteiger partial charge in [-0.1, -0.05) is 0 Å². The number of hydrogen-bond acceptors (Lipinski definition) is 6. The number of amides is 1. The molecule has 1 saturated heterocycles. The Hall–Kier alpha value is -2.27. The maximum atomic E-state index is 13.0. The highest BCUT2D eigenvalue weighted by molar-refractivity contribution is 7.89. The fraction of sp³-hybridized carbons (Fsp3) is 0.478. The monoisotopic (exact) mass is 492 g/mol. The van der Waals surface area contributed by atoms with Crippen molar-refractivity contribution in [1.82, 2.24) is 4.31 Å². The van der Waals surface area contributed by atoms with Crippen LogP contribution in [0.2, 0.25) is 0 Å². The quantitative estimate of drug-likeness (QED) is 0.601. The number of fused-ring (bicyclic) bond motifs is 1. The Kier molecular flexibility index (Phi) is 6.90. The molecular formula is C23H30N3O5S2+. The predicted molar refractivity (Wildman–Crippen MR) is 126 cm³/mol. The Labute approximate surface area is 198 Å². The molecule has 2 aliphatic rings. The molecule has 33 heavy (non-hydrogen) atoms. The van der Waals surface area contributed by atoms with E-state index in [1.807, 2.05) is 0 Å². The molecule has 1 atom stereocenters. The zero-order valence-corrected chi connectivity index (χ0v) is 20.8. The first-order valence-corrected chi connectivity index (χ1v) is 13.5. The van der Waals surface area contributed by atoms with Gasteiger partial charge in [0.25, 0.3) is 5.91 Å². The third-order valence-corrected chi connectivity index (χ3v) is 9.49. The van der Waals surface area contributed by atoms with Crippen LogP contribution in [-0.2, 0) is 27.7 Å². The molecule has 1 aromatic carbocycles. The van der Waals surface area contributed by atoms with Gasteiger partial charge in [0.05, 0.1) is 35.0 Å². The van der Waals surface area contributed by atoms with Gasteiger partial charge in [0.15, 0.2) is 0 Å². The van der Waals surface area contributed by atoms with Crippen molar-refractivity contribution in [3.8, 4) is 0 Å². The molecule has 1 fully saturated rings. The normalized spacial score (nSPS) is 18.8. The van der Waals surface area contributed by atoms with Crippen molar-refractivity contribution < 1.29 is 27.6 Å². The maximum Gasteiger partial charge on any atom is 0.341 e. The van der Waals surface area contributed by atoms with Gasteiger partial charge >= 0.3 is 5.97 Å². The number of anilines is 1. The second kappa shape index (κ2) is 9.54. The van der Waals surface area contributed by atoms with Gasteiger partial charge in [-0.05, 0) is 56.5 Å². The summed E-state index contributed by atoms with van der Waals surface area (Å²) >= 11 is 1.42. The number of hydrogen-bond donors (Lipinski definition) is 2. The van der Waals surface area contributed by atoms with E-state index >= 15 is 0 Å². The molecule has 3 heterocycles. The molecule has 10 heteroatoms. The molecule has 0 spiro atoms. The number of esters is 1. The zero-order chi connectivity index (χ0) is 23.8. The van der Waals surface area contributed by atoms with Crippen LogP contribution in [0, 0.1) is 0 Å². The molecule has 0 aliphatic carbocycles. The first kappa shape index (κ1) is 23.9.